The number of nitrogens with zero attached hydrogens (tertiary/aromatic N) is 4. The molecule has 27 heavy (non-hydrogen) atoms. The van der Waals surface area contributed by atoms with Crippen LogP contribution in [-0.2, 0) is 24.2 Å². The largest absolute Gasteiger partial charge is 0.332 e. The third kappa shape index (κ3) is 4.03. The maximum absolute atomic E-state index is 13.0. The third-order valence-electron chi connectivity index (χ3n) is 5.53. The first-order valence-corrected chi connectivity index (χ1v) is 9.89. The van der Waals surface area contributed by atoms with E-state index in [2.05, 4.69) is 20.1 Å². The van der Waals surface area contributed by atoms with Gasteiger partial charge in [0.2, 0.25) is 5.91 Å². The Morgan fingerprint density at radius 1 is 1.19 bits per heavy atom. The van der Waals surface area contributed by atoms with Gasteiger partial charge >= 0.3 is 0 Å². The number of aryl methyl sites for hydroxylation is 1. The van der Waals surface area contributed by atoms with Crippen molar-refractivity contribution in [2.45, 2.75) is 51.1 Å². The van der Waals surface area contributed by atoms with Gasteiger partial charge in [0.1, 0.15) is 11.6 Å². The molecule has 1 aromatic heterocycles. The lowest BCUT2D eigenvalue weighted by Gasteiger charge is -2.24. The zero-order valence-corrected chi connectivity index (χ0v) is 15.5. The molecule has 2 aliphatic rings. The lowest BCUT2D eigenvalue weighted by molar-refractivity contribution is -0.132. The molecule has 4 rings (SSSR count). The van der Waals surface area contributed by atoms with E-state index in [1.165, 1.54) is 12.1 Å². The molecule has 0 saturated carbocycles. The maximum atomic E-state index is 13.0. The lowest BCUT2D eigenvalue weighted by atomic mass is 10.1. The molecule has 2 aliphatic heterocycles. The van der Waals surface area contributed by atoms with E-state index in [4.69, 9.17) is 0 Å². The van der Waals surface area contributed by atoms with Crippen LogP contribution in [0, 0.1) is 5.82 Å². The second-order valence-electron chi connectivity index (χ2n) is 7.35. The maximum Gasteiger partial charge on any atom is 0.223 e. The van der Waals surface area contributed by atoms with Crippen molar-refractivity contribution in [2.24, 2.45) is 0 Å². The predicted molar refractivity (Wildman–Crippen MR) is 99.6 cm³/mol. The number of aromatic nitrogens is 3. The normalized spacial score (nSPS) is 19.7. The van der Waals surface area contributed by atoms with Crippen LogP contribution < -0.4 is 5.32 Å². The van der Waals surface area contributed by atoms with Gasteiger partial charge in [0, 0.05) is 39.0 Å². The second kappa shape index (κ2) is 8.17. The monoisotopic (exact) mass is 371 g/mol. The standard InChI is InChI=1S/C20H26FN5O/c21-16-8-6-15(7-9-16)3-1-5-19(27)25-13-2-4-17(25)20-24-23-18-10-11-22-12-14-26(18)20/h6-9,17,22H,1-5,10-14H2/t17-/m0/s1. The summed E-state index contributed by atoms with van der Waals surface area (Å²) in [5, 5.41) is 12.2. The Hall–Kier alpha value is -2.28. The summed E-state index contributed by atoms with van der Waals surface area (Å²) in [4.78, 5) is 14.8. The van der Waals surface area contributed by atoms with Crippen molar-refractivity contribution in [3.8, 4) is 0 Å². The molecule has 1 aromatic carbocycles. The summed E-state index contributed by atoms with van der Waals surface area (Å²) in [5.74, 6) is 1.92. The Balaban J connectivity index is 1.38. The summed E-state index contributed by atoms with van der Waals surface area (Å²) in [6.07, 6.45) is 4.91. The minimum Gasteiger partial charge on any atom is -0.332 e. The number of hydrogen-bond acceptors (Lipinski definition) is 4. The topological polar surface area (TPSA) is 63.1 Å². The molecular weight excluding hydrogens is 345 g/mol. The predicted octanol–water partition coefficient (Wildman–Crippen LogP) is 2.25. The molecule has 1 amide bonds. The summed E-state index contributed by atoms with van der Waals surface area (Å²) in [5.41, 5.74) is 1.07. The van der Waals surface area contributed by atoms with Crippen LogP contribution >= 0.6 is 0 Å². The Bertz CT molecular complexity index is 788. The fraction of sp³-hybridized carbons (Fsp3) is 0.550. The van der Waals surface area contributed by atoms with Gasteiger partial charge in [-0.3, -0.25) is 4.79 Å². The van der Waals surface area contributed by atoms with Crippen molar-refractivity contribution in [1.29, 1.82) is 0 Å². The SMILES string of the molecule is O=C(CCCc1ccc(F)cc1)N1CCC[C@H]1c1nnc2n1CCNCC2. The van der Waals surface area contributed by atoms with Gasteiger partial charge in [-0.25, -0.2) is 4.39 Å². The lowest BCUT2D eigenvalue weighted by Crippen LogP contribution is -2.32. The van der Waals surface area contributed by atoms with E-state index in [1.807, 2.05) is 4.90 Å². The number of amides is 1. The van der Waals surface area contributed by atoms with Gasteiger partial charge in [-0.05, 0) is 43.4 Å². The van der Waals surface area contributed by atoms with Crippen molar-refractivity contribution in [2.75, 3.05) is 19.6 Å². The minimum atomic E-state index is -0.225. The van der Waals surface area contributed by atoms with E-state index >= 15 is 0 Å². The Kier molecular flexibility index (Phi) is 5.48. The molecule has 0 unspecified atom stereocenters. The van der Waals surface area contributed by atoms with E-state index in [1.54, 1.807) is 12.1 Å². The average molecular weight is 371 g/mol. The van der Waals surface area contributed by atoms with Gasteiger partial charge in [0.05, 0.1) is 6.04 Å². The van der Waals surface area contributed by atoms with Crippen LogP contribution in [0.4, 0.5) is 4.39 Å². The van der Waals surface area contributed by atoms with Gasteiger partial charge in [0.15, 0.2) is 5.82 Å². The van der Waals surface area contributed by atoms with Gasteiger partial charge in [0.25, 0.3) is 0 Å². The number of fused-ring (bicyclic) bond motifs is 1. The highest BCUT2D eigenvalue weighted by molar-refractivity contribution is 5.76. The molecule has 3 heterocycles. The quantitative estimate of drug-likeness (QED) is 0.876. The van der Waals surface area contributed by atoms with E-state index < -0.39 is 0 Å². The first-order valence-electron chi connectivity index (χ1n) is 9.89. The van der Waals surface area contributed by atoms with Crippen molar-refractivity contribution in [1.82, 2.24) is 25.0 Å². The highest BCUT2D eigenvalue weighted by Crippen LogP contribution is 2.32. The van der Waals surface area contributed by atoms with Crippen LogP contribution in [0.2, 0.25) is 0 Å². The van der Waals surface area contributed by atoms with Crippen molar-refractivity contribution in [3.05, 3.63) is 47.3 Å². The van der Waals surface area contributed by atoms with Crippen LogP contribution in [0.25, 0.3) is 0 Å². The van der Waals surface area contributed by atoms with Gasteiger partial charge < -0.3 is 14.8 Å². The number of rotatable bonds is 5. The van der Waals surface area contributed by atoms with Gasteiger partial charge in [-0.1, -0.05) is 12.1 Å². The fourth-order valence-corrected chi connectivity index (χ4v) is 4.11. The van der Waals surface area contributed by atoms with Crippen LogP contribution in [-0.4, -0.2) is 45.2 Å². The van der Waals surface area contributed by atoms with E-state index in [0.29, 0.717) is 6.42 Å². The Morgan fingerprint density at radius 2 is 2.04 bits per heavy atom. The molecule has 1 N–H and O–H groups in total. The first kappa shape index (κ1) is 18.1. The molecule has 1 atom stereocenters. The minimum absolute atomic E-state index is 0.0441. The number of nitrogens with one attached hydrogen (secondary N) is 1. The zero-order valence-electron chi connectivity index (χ0n) is 15.5. The summed E-state index contributed by atoms with van der Waals surface area (Å²) in [7, 11) is 0. The van der Waals surface area contributed by atoms with Crippen LogP contribution in [0.5, 0.6) is 0 Å². The summed E-state index contributed by atoms with van der Waals surface area (Å²) in [6, 6.07) is 6.57. The molecule has 1 saturated heterocycles. The number of hydrogen-bond donors (Lipinski definition) is 1. The number of benzene rings is 1. The van der Waals surface area contributed by atoms with E-state index in [0.717, 1.165) is 75.5 Å². The van der Waals surface area contributed by atoms with E-state index in [9.17, 15) is 9.18 Å². The van der Waals surface area contributed by atoms with Crippen molar-refractivity contribution in [3.63, 3.8) is 0 Å². The molecule has 144 valence electrons. The molecule has 1 fully saturated rings. The molecule has 0 radical (unpaired) electrons. The van der Waals surface area contributed by atoms with Crippen molar-refractivity contribution < 1.29 is 9.18 Å². The fourth-order valence-electron chi connectivity index (χ4n) is 4.11. The summed E-state index contributed by atoms with van der Waals surface area (Å²) in [6.45, 7) is 3.49. The molecule has 0 bridgehead atoms. The average Bonchev–Trinajstić information content (AvgIpc) is 3.24. The van der Waals surface area contributed by atoms with Gasteiger partial charge in [-0.2, -0.15) is 0 Å². The summed E-state index contributed by atoms with van der Waals surface area (Å²) >= 11 is 0. The highest BCUT2D eigenvalue weighted by Gasteiger charge is 2.34. The molecule has 0 aliphatic carbocycles. The first-order chi connectivity index (χ1) is 13.2. The second-order valence-corrected chi connectivity index (χ2v) is 7.35. The Morgan fingerprint density at radius 3 is 2.89 bits per heavy atom. The third-order valence-corrected chi connectivity index (χ3v) is 5.53. The molecule has 0 spiro atoms. The zero-order chi connectivity index (χ0) is 18.6. The molecule has 6 nitrogen and oxygen atoms in total. The van der Waals surface area contributed by atoms with Crippen LogP contribution in [0.1, 0.15) is 48.9 Å². The number of carbonyl (C=O) groups excluding carboxylic acids is 1. The van der Waals surface area contributed by atoms with Crippen molar-refractivity contribution >= 4 is 5.91 Å². The molecular formula is C20H26FN5O. The van der Waals surface area contributed by atoms with Gasteiger partial charge in [-0.15, -0.1) is 10.2 Å². The molecule has 7 heteroatoms. The highest BCUT2D eigenvalue weighted by atomic mass is 19.1. The summed E-state index contributed by atoms with van der Waals surface area (Å²) < 4.78 is 15.2. The van der Waals surface area contributed by atoms with Crippen LogP contribution in [0.3, 0.4) is 0 Å². The number of carbonyl (C=O) groups is 1. The van der Waals surface area contributed by atoms with Crippen LogP contribution in [0.15, 0.2) is 24.3 Å². The van der Waals surface area contributed by atoms with E-state index in [-0.39, 0.29) is 17.8 Å². The number of halogens is 1. The Labute approximate surface area is 158 Å². The molecule has 2 aromatic rings. The number of likely N-dealkylation sites (tertiary alicyclic amines) is 1. The smallest absolute Gasteiger partial charge is 0.223 e.